The van der Waals surface area contributed by atoms with Crippen LogP contribution >= 0.6 is 0 Å². The van der Waals surface area contributed by atoms with Gasteiger partial charge in [0.25, 0.3) is 0 Å². The van der Waals surface area contributed by atoms with Crippen LogP contribution < -0.4 is 0 Å². The fourth-order valence-electron chi connectivity index (χ4n) is 0.738. The van der Waals surface area contributed by atoms with E-state index < -0.39 is 11.9 Å². The summed E-state index contributed by atoms with van der Waals surface area (Å²) in [5, 5.41) is 8.24. The summed E-state index contributed by atoms with van der Waals surface area (Å²) >= 11 is 0. The Morgan fingerprint density at radius 2 is 1.94 bits per heavy atom. The van der Waals surface area contributed by atoms with Gasteiger partial charge in [0.15, 0.2) is 0 Å². The number of carbonyl (C=O) groups excluding carboxylic acids is 1. The van der Waals surface area contributed by atoms with E-state index in [1.807, 2.05) is 12.2 Å². The van der Waals surface area contributed by atoms with Crippen LogP contribution in [0.3, 0.4) is 0 Å². The Morgan fingerprint density at radius 1 is 1.25 bits per heavy atom. The van der Waals surface area contributed by atoms with Crippen molar-refractivity contribution in [2.45, 2.75) is 13.8 Å². The van der Waals surface area contributed by atoms with Crippen LogP contribution in [0.5, 0.6) is 0 Å². The lowest BCUT2D eigenvalue weighted by Gasteiger charge is -1.94. The largest absolute Gasteiger partial charge is 0.478 e. The van der Waals surface area contributed by atoms with Crippen molar-refractivity contribution in [3.63, 3.8) is 0 Å². The fourth-order valence-corrected chi connectivity index (χ4v) is 0.738. The smallest absolute Gasteiger partial charge is 0.331 e. The lowest BCUT2D eigenvalue weighted by atomic mass is 10.2. The quantitative estimate of drug-likeness (QED) is 0.425. The molecule has 0 aliphatic rings. The highest BCUT2D eigenvalue weighted by Crippen LogP contribution is 1.93. The summed E-state index contributed by atoms with van der Waals surface area (Å²) in [5.41, 5.74) is 0. The zero-order valence-corrected chi connectivity index (χ0v) is 9.42. The van der Waals surface area contributed by atoms with Gasteiger partial charge in [0.2, 0.25) is 0 Å². The molecule has 1 N–H and O–H groups in total. The summed E-state index contributed by atoms with van der Waals surface area (Å²) in [7, 11) is 0. The van der Waals surface area contributed by atoms with E-state index in [2.05, 4.69) is 18.6 Å². The summed E-state index contributed by atoms with van der Waals surface area (Å²) < 4.78 is 4.69. The van der Waals surface area contributed by atoms with Gasteiger partial charge in [-0.1, -0.05) is 32.1 Å². The highest BCUT2D eigenvalue weighted by molar-refractivity contribution is 5.90. The predicted molar refractivity (Wildman–Crippen MR) is 60.9 cm³/mol. The van der Waals surface area contributed by atoms with Gasteiger partial charge in [-0.15, -0.1) is 0 Å². The van der Waals surface area contributed by atoms with Gasteiger partial charge in [0.05, 0.1) is 0 Å². The van der Waals surface area contributed by atoms with E-state index in [-0.39, 0.29) is 6.61 Å². The van der Waals surface area contributed by atoms with E-state index in [0.717, 1.165) is 12.2 Å². The third-order valence-corrected chi connectivity index (χ3v) is 1.43. The first-order valence-corrected chi connectivity index (χ1v) is 4.93. The lowest BCUT2D eigenvalue weighted by molar-refractivity contribution is -0.137. The summed E-state index contributed by atoms with van der Waals surface area (Å²) in [6.07, 6.45) is 8.93. The first kappa shape index (κ1) is 14.2. The number of carboxylic acid groups (broad SMARTS) is 1. The van der Waals surface area contributed by atoms with Crippen molar-refractivity contribution in [1.82, 2.24) is 0 Å². The SMILES string of the molecule is CC(C)/C=C/C=C/COC(=O)/C=C\C(=O)O. The fraction of sp³-hybridized carbons (Fsp3) is 0.333. The number of carboxylic acids is 1. The number of esters is 1. The van der Waals surface area contributed by atoms with Crippen molar-refractivity contribution in [2.75, 3.05) is 6.61 Å². The van der Waals surface area contributed by atoms with Gasteiger partial charge < -0.3 is 9.84 Å². The van der Waals surface area contributed by atoms with Crippen LogP contribution in [0.15, 0.2) is 36.5 Å². The van der Waals surface area contributed by atoms with Gasteiger partial charge in [0.1, 0.15) is 6.61 Å². The van der Waals surface area contributed by atoms with Gasteiger partial charge in [-0.05, 0) is 12.0 Å². The van der Waals surface area contributed by atoms with Gasteiger partial charge in [-0.3, -0.25) is 0 Å². The Balaban J connectivity index is 3.74. The van der Waals surface area contributed by atoms with Crippen LogP contribution in [0.25, 0.3) is 0 Å². The molecule has 0 saturated heterocycles. The molecule has 88 valence electrons. The number of aliphatic carboxylic acids is 1. The van der Waals surface area contributed by atoms with Crippen molar-refractivity contribution < 1.29 is 19.4 Å². The van der Waals surface area contributed by atoms with Gasteiger partial charge >= 0.3 is 11.9 Å². The number of carbonyl (C=O) groups is 2. The van der Waals surface area contributed by atoms with Crippen molar-refractivity contribution in [1.29, 1.82) is 0 Å². The number of ether oxygens (including phenoxy) is 1. The van der Waals surface area contributed by atoms with Crippen molar-refractivity contribution in [2.24, 2.45) is 5.92 Å². The third-order valence-electron chi connectivity index (χ3n) is 1.43. The summed E-state index contributed by atoms with van der Waals surface area (Å²) in [6.45, 7) is 4.24. The first-order valence-electron chi connectivity index (χ1n) is 4.93. The van der Waals surface area contributed by atoms with Crippen molar-refractivity contribution in [3.8, 4) is 0 Å². The Kier molecular flexibility index (Phi) is 7.49. The van der Waals surface area contributed by atoms with E-state index in [1.54, 1.807) is 12.2 Å². The molecule has 0 heterocycles. The molecule has 0 aromatic heterocycles. The van der Waals surface area contributed by atoms with E-state index in [0.29, 0.717) is 5.92 Å². The first-order chi connectivity index (χ1) is 7.52. The van der Waals surface area contributed by atoms with Crippen molar-refractivity contribution in [3.05, 3.63) is 36.5 Å². The molecule has 0 rings (SSSR count). The zero-order chi connectivity index (χ0) is 12.4. The summed E-state index contributed by atoms with van der Waals surface area (Å²) in [6, 6.07) is 0. The molecule has 0 aromatic rings. The topological polar surface area (TPSA) is 63.6 Å². The summed E-state index contributed by atoms with van der Waals surface area (Å²) in [4.78, 5) is 20.9. The zero-order valence-electron chi connectivity index (χ0n) is 9.42. The Hall–Kier alpha value is -1.84. The van der Waals surface area contributed by atoms with E-state index in [4.69, 9.17) is 5.11 Å². The maximum Gasteiger partial charge on any atom is 0.331 e. The highest BCUT2D eigenvalue weighted by atomic mass is 16.5. The minimum atomic E-state index is -1.17. The van der Waals surface area contributed by atoms with Crippen LogP contribution in [0.1, 0.15) is 13.8 Å². The second-order valence-corrected chi connectivity index (χ2v) is 3.36. The van der Waals surface area contributed by atoms with E-state index in [1.165, 1.54) is 0 Å². The molecule has 0 aromatic carbocycles. The number of hydrogen-bond donors (Lipinski definition) is 1. The molecule has 0 bridgehead atoms. The lowest BCUT2D eigenvalue weighted by Crippen LogP contribution is -2.01. The molecule has 0 unspecified atom stereocenters. The maximum absolute atomic E-state index is 10.9. The molecule has 0 aliphatic heterocycles. The maximum atomic E-state index is 10.9. The van der Waals surface area contributed by atoms with Crippen LogP contribution in [0.4, 0.5) is 0 Å². The molecule has 0 aliphatic carbocycles. The average molecular weight is 224 g/mol. The molecule has 16 heavy (non-hydrogen) atoms. The molecule has 0 spiro atoms. The number of allylic oxidation sites excluding steroid dienone is 3. The van der Waals surface area contributed by atoms with Gasteiger partial charge in [-0.25, -0.2) is 9.59 Å². The Labute approximate surface area is 94.9 Å². The molecule has 0 atom stereocenters. The minimum absolute atomic E-state index is 0.130. The van der Waals surface area contributed by atoms with E-state index >= 15 is 0 Å². The van der Waals surface area contributed by atoms with Gasteiger partial charge in [-0.2, -0.15) is 0 Å². The van der Waals surface area contributed by atoms with Crippen molar-refractivity contribution >= 4 is 11.9 Å². The van der Waals surface area contributed by atoms with Gasteiger partial charge in [0, 0.05) is 12.2 Å². The van der Waals surface area contributed by atoms with Crippen LogP contribution in [-0.4, -0.2) is 23.7 Å². The second-order valence-electron chi connectivity index (χ2n) is 3.36. The molecular formula is C12H16O4. The summed E-state index contributed by atoms with van der Waals surface area (Å²) in [5.74, 6) is -1.36. The Morgan fingerprint density at radius 3 is 2.50 bits per heavy atom. The monoisotopic (exact) mass is 224 g/mol. The molecule has 4 nitrogen and oxygen atoms in total. The Bertz CT molecular complexity index is 311. The molecular weight excluding hydrogens is 208 g/mol. The molecule has 4 heteroatoms. The average Bonchev–Trinajstić information content (AvgIpc) is 2.19. The van der Waals surface area contributed by atoms with Crippen LogP contribution in [0.2, 0.25) is 0 Å². The van der Waals surface area contributed by atoms with Crippen LogP contribution in [-0.2, 0) is 14.3 Å². The third kappa shape index (κ3) is 10.2. The molecule has 0 amide bonds. The van der Waals surface area contributed by atoms with Crippen LogP contribution in [0, 0.1) is 5.92 Å². The number of rotatable bonds is 6. The normalized spacial score (nSPS) is 11.9. The van der Waals surface area contributed by atoms with E-state index in [9.17, 15) is 9.59 Å². The molecule has 0 saturated carbocycles. The predicted octanol–water partition coefficient (Wildman–Crippen LogP) is 1.94. The number of hydrogen-bond acceptors (Lipinski definition) is 3. The molecule has 0 fully saturated rings. The standard InChI is InChI=1S/C12H16O4/c1-10(2)6-4-3-5-9-16-12(15)8-7-11(13)14/h3-8,10H,9H2,1-2H3,(H,13,14)/b5-3+,6-4+,8-7-. The second kappa shape index (κ2) is 8.47. The molecule has 0 radical (unpaired) electrons. The minimum Gasteiger partial charge on any atom is -0.478 e. The highest BCUT2D eigenvalue weighted by Gasteiger charge is 1.95.